The zero-order chi connectivity index (χ0) is 10.7. The van der Waals surface area contributed by atoms with Gasteiger partial charge in [0.15, 0.2) is 5.17 Å². The van der Waals surface area contributed by atoms with Gasteiger partial charge in [-0.25, -0.2) is 10.3 Å². The van der Waals surface area contributed by atoms with Crippen molar-refractivity contribution in [1.29, 1.82) is 0 Å². The van der Waals surface area contributed by atoms with Crippen molar-refractivity contribution in [1.82, 2.24) is 10.7 Å². The van der Waals surface area contributed by atoms with Crippen molar-refractivity contribution >= 4 is 28.4 Å². The average Bonchev–Trinajstić information content (AvgIpc) is 2.65. The topological polar surface area (TPSA) is 46.1 Å². The van der Waals surface area contributed by atoms with Gasteiger partial charge in [-0.3, -0.25) is 0 Å². The van der Waals surface area contributed by atoms with E-state index in [9.17, 15) is 0 Å². The molecule has 0 bridgehead atoms. The first-order chi connectivity index (χ1) is 7.24. The van der Waals surface area contributed by atoms with Crippen molar-refractivity contribution in [2.75, 3.05) is 13.2 Å². The monoisotopic (exact) mass is 251 g/mol. The number of allylic oxidation sites excluding steroid dienone is 1. The number of hydrazine groups is 1. The Kier molecular flexibility index (Phi) is 3.69. The molecule has 15 heavy (non-hydrogen) atoms. The minimum atomic E-state index is 0.130. The number of hydrogen-bond acceptors (Lipinski definition) is 5. The molecule has 0 aliphatic carbocycles. The number of nitrogens with one attached hydrogen (secondary N) is 1. The van der Waals surface area contributed by atoms with Crippen molar-refractivity contribution in [3.05, 3.63) is 11.2 Å². The molecule has 0 aromatic heterocycles. The van der Waals surface area contributed by atoms with E-state index < -0.39 is 0 Å². The van der Waals surface area contributed by atoms with E-state index in [0.717, 1.165) is 24.7 Å². The Bertz CT molecular complexity index is 290. The van der Waals surface area contributed by atoms with Gasteiger partial charge < -0.3 is 4.74 Å². The SMILES string of the molecule is ClC1=CC(Cl)=NN(OCC2CCCO2)N1. The highest BCUT2D eigenvalue weighted by Gasteiger charge is 2.18. The van der Waals surface area contributed by atoms with Crippen LogP contribution in [-0.2, 0) is 9.57 Å². The molecule has 1 unspecified atom stereocenters. The lowest BCUT2D eigenvalue weighted by atomic mass is 10.2. The molecule has 1 atom stereocenters. The van der Waals surface area contributed by atoms with E-state index in [2.05, 4.69) is 10.5 Å². The zero-order valence-corrected chi connectivity index (χ0v) is 9.46. The van der Waals surface area contributed by atoms with Crippen LogP contribution in [0.4, 0.5) is 0 Å². The maximum atomic E-state index is 5.73. The summed E-state index contributed by atoms with van der Waals surface area (Å²) in [5.41, 5.74) is 2.68. The van der Waals surface area contributed by atoms with Crippen molar-refractivity contribution in [2.24, 2.45) is 5.10 Å². The Balaban J connectivity index is 1.78. The Morgan fingerprint density at radius 2 is 2.53 bits per heavy atom. The van der Waals surface area contributed by atoms with Crippen molar-refractivity contribution < 1.29 is 9.57 Å². The summed E-state index contributed by atoms with van der Waals surface area (Å²) in [5.74, 6) is 0. The van der Waals surface area contributed by atoms with E-state index >= 15 is 0 Å². The number of ether oxygens (including phenoxy) is 1. The van der Waals surface area contributed by atoms with Crippen LogP contribution in [0.1, 0.15) is 12.8 Å². The van der Waals surface area contributed by atoms with Crippen LogP contribution >= 0.6 is 23.2 Å². The van der Waals surface area contributed by atoms with Crippen LogP contribution in [0, 0.1) is 0 Å². The van der Waals surface area contributed by atoms with Gasteiger partial charge in [-0.05, 0) is 12.8 Å². The molecule has 2 aliphatic heterocycles. The standard InChI is InChI=1S/C8H11Cl2N3O2/c9-7-4-8(10)12-13(11-7)15-5-6-2-1-3-14-6/h4,6,11H,1-3,5H2. The highest BCUT2D eigenvalue weighted by Crippen LogP contribution is 2.14. The summed E-state index contributed by atoms with van der Waals surface area (Å²) in [4.78, 5) is 5.31. The average molecular weight is 252 g/mol. The van der Waals surface area contributed by atoms with Gasteiger partial charge in [0.1, 0.15) is 11.8 Å². The van der Waals surface area contributed by atoms with Gasteiger partial charge in [0.25, 0.3) is 0 Å². The highest BCUT2D eigenvalue weighted by molar-refractivity contribution is 6.69. The molecule has 1 N–H and O–H groups in total. The molecule has 5 nitrogen and oxygen atoms in total. The largest absolute Gasteiger partial charge is 0.376 e. The normalized spacial score (nSPS) is 26.0. The second-order valence-electron chi connectivity index (χ2n) is 3.23. The van der Waals surface area contributed by atoms with E-state index in [1.165, 1.54) is 6.08 Å². The molecule has 0 spiro atoms. The summed E-state index contributed by atoms with van der Waals surface area (Å²) in [6.07, 6.45) is 3.71. The predicted molar refractivity (Wildman–Crippen MR) is 57.1 cm³/mol. The smallest absolute Gasteiger partial charge is 0.156 e. The van der Waals surface area contributed by atoms with E-state index in [4.69, 9.17) is 32.8 Å². The van der Waals surface area contributed by atoms with Crippen molar-refractivity contribution in [3.63, 3.8) is 0 Å². The third-order valence-corrected chi connectivity index (χ3v) is 2.42. The quantitative estimate of drug-likeness (QED) is 0.774. The number of halogens is 2. The predicted octanol–water partition coefficient (Wildman–Crippen LogP) is 1.55. The van der Waals surface area contributed by atoms with Crippen LogP contribution < -0.4 is 5.43 Å². The summed E-state index contributed by atoms with van der Waals surface area (Å²) in [7, 11) is 0. The van der Waals surface area contributed by atoms with Crippen LogP contribution in [0.25, 0.3) is 0 Å². The summed E-state index contributed by atoms with van der Waals surface area (Å²) in [6.45, 7) is 1.23. The van der Waals surface area contributed by atoms with E-state index in [1.807, 2.05) is 0 Å². The Labute approximate surface area is 97.5 Å². The van der Waals surface area contributed by atoms with E-state index in [1.54, 1.807) is 0 Å². The molecule has 0 radical (unpaired) electrons. The van der Waals surface area contributed by atoms with Crippen LogP contribution in [0.2, 0.25) is 0 Å². The first kappa shape index (κ1) is 11.0. The third-order valence-electron chi connectivity index (χ3n) is 2.04. The lowest BCUT2D eigenvalue weighted by molar-refractivity contribution is -0.205. The number of rotatable bonds is 3. The lowest BCUT2D eigenvalue weighted by Gasteiger charge is -2.23. The second-order valence-corrected chi connectivity index (χ2v) is 4.02. The fourth-order valence-corrected chi connectivity index (χ4v) is 1.77. The van der Waals surface area contributed by atoms with Crippen molar-refractivity contribution in [2.45, 2.75) is 18.9 Å². The lowest BCUT2D eigenvalue weighted by Crippen LogP contribution is -2.36. The second kappa shape index (κ2) is 5.03. The zero-order valence-electron chi connectivity index (χ0n) is 7.95. The number of nitrogens with zero attached hydrogens (tertiary/aromatic N) is 2. The summed E-state index contributed by atoms with van der Waals surface area (Å²) in [5, 5.41) is 5.64. The maximum Gasteiger partial charge on any atom is 0.156 e. The van der Waals surface area contributed by atoms with Crippen molar-refractivity contribution in [3.8, 4) is 0 Å². The molecule has 0 saturated carbocycles. The van der Waals surface area contributed by atoms with Crippen LogP contribution in [0.3, 0.4) is 0 Å². The minimum Gasteiger partial charge on any atom is -0.376 e. The molecule has 0 aromatic carbocycles. The molecule has 0 aromatic rings. The molecule has 2 aliphatic rings. The molecule has 2 heterocycles. The minimum absolute atomic E-state index is 0.130. The first-order valence-corrected chi connectivity index (χ1v) is 5.42. The fourth-order valence-electron chi connectivity index (χ4n) is 1.36. The van der Waals surface area contributed by atoms with Gasteiger partial charge in [-0.2, -0.15) is 0 Å². The van der Waals surface area contributed by atoms with Gasteiger partial charge in [0, 0.05) is 12.7 Å². The fraction of sp³-hybridized carbons (Fsp3) is 0.625. The highest BCUT2D eigenvalue weighted by atomic mass is 35.5. The van der Waals surface area contributed by atoms with Crippen LogP contribution in [-0.4, -0.2) is 29.8 Å². The van der Waals surface area contributed by atoms with Gasteiger partial charge in [-0.15, -0.1) is 5.10 Å². The number of hydrogen-bond donors (Lipinski definition) is 1. The van der Waals surface area contributed by atoms with Crippen LogP contribution in [0.5, 0.6) is 0 Å². The van der Waals surface area contributed by atoms with Gasteiger partial charge in [0.2, 0.25) is 0 Å². The van der Waals surface area contributed by atoms with Crippen LogP contribution in [0.15, 0.2) is 16.3 Å². The maximum absolute atomic E-state index is 5.73. The van der Waals surface area contributed by atoms with E-state index in [0.29, 0.717) is 11.8 Å². The molecule has 7 heteroatoms. The number of hydrazone groups is 1. The summed E-state index contributed by atoms with van der Waals surface area (Å²) >= 11 is 11.4. The third kappa shape index (κ3) is 3.24. The van der Waals surface area contributed by atoms with E-state index in [-0.39, 0.29) is 11.3 Å². The molecular formula is C8H11Cl2N3O2. The summed E-state index contributed by atoms with van der Waals surface area (Å²) in [6, 6.07) is 0. The molecule has 0 amide bonds. The molecule has 84 valence electrons. The molecule has 1 saturated heterocycles. The molecule has 2 rings (SSSR count). The van der Waals surface area contributed by atoms with Gasteiger partial charge in [-0.1, -0.05) is 28.5 Å². The Morgan fingerprint density at radius 3 is 3.20 bits per heavy atom. The Hall–Kier alpha value is -0.490. The van der Waals surface area contributed by atoms with Gasteiger partial charge >= 0.3 is 0 Å². The first-order valence-electron chi connectivity index (χ1n) is 4.66. The molecule has 1 fully saturated rings. The summed E-state index contributed by atoms with van der Waals surface area (Å²) < 4.78 is 5.39. The molecular weight excluding hydrogens is 241 g/mol. The Morgan fingerprint density at radius 1 is 1.67 bits per heavy atom. The van der Waals surface area contributed by atoms with Gasteiger partial charge in [0.05, 0.1) is 6.10 Å².